The molecule has 0 saturated carbocycles. The van der Waals surface area contributed by atoms with E-state index in [4.69, 9.17) is 10.5 Å². The van der Waals surface area contributed by atoms with Crippen LogP contribution in [0.25, 0.3) is 0 Å². The number of nitrogens with one attached hydrogen (secondary N) is 1. The molecule has 1 atom stereocenters. The van der Waals surface area contributed by atoms with Crippen molar-refractivity contribution in [3.63, 3.8) is 0 Å². The van der Waals surface area contributed by atoms with Crippen LogP contribution in [-0.4, -0.2) is 17.6 Å². The zero-order chi connectivity index (χ0) is 12.4. The number of H-pyrrole nitrogens is 1. The van der Waals surface area contributed by atoms with Gasteiger partial charge in [-0.2, -0.15) is 0 Å². The van der Waals surface area contributed by atoms with E-state index in [2.05, 4.69) is 4.98 Å². The summed E-state index contributed by atoms with van der Waals surface area (Å²) in [4.78, 5) is 26.7. The zero-order valence-electron chi connectivity index (χ0n) is 9.79. The molecule has 1 aliphatic rings. The molecule has 17 heavy (non-hydrogen) atoms. The average Bonchev–Trinajstić information content (AvgIpc) is 2.29. The number of aryl methyl sites for hydroxylation is 1. The van der Waals surface area contributed by atoms with Gasteiger partial charge in [-0.05, 0) is 26.2 Å². The van der Waals surface area contributed by atoms with E-state index < -0.39 is 5.97 Å². The lowest BCUT2D eigenvalue weighted by Crippen LogP contribution is -2.30. The fraction of sp³-hybridized carbons (Fsp3) is 0.500. The molecule has 0 amide bonds. The van der Waals surface area contributed by atoms with Crippen molar-refractivity contribution in [3.8, 4) is 0 Å². The summed E-state index contributed by atoms with van der Waals surface area (Å²) < 4.78 is 4.84. The quantitative estimate of drug-likeness (QED) is 0.747. The lowest BCUT2D eigenvalue weighted by atomic mass is 9.90. The minimum Gasteiger partial charge on any atom is -0.462 e. The molecule has 1 aromatic heterocycles. The van der Waals surface area contributed by atoms with E-state index in [0.717, 1.165) is 25.0 Å². The lowest BCUT2D eigenvalue weighted by molar-refractivity contribution is 0.0524. The Bertz CT molecular complexity index is 493. The molecule has 0 spiro atoms. The summed E-state index contributed by atoms with van der Waals surface area (Å²) in [5.74, 6) is -0.589. The van der Waals surface area contributed by atoms with Gasteiger partial charge < -0.3 is 15.5 Å². The van der Waals surface area contributed by atoms with Crippen LogP contribution in [0.4, 0.5) is 0 Å². The number of hydrogen-bond acceptors (Lipinski definition) is 4. The van der Waals surface area contributed by atoms with Crippen LogP contribution in [0.1, 0.15) is 47.4 Å². The first-order valence-corrected chi connectivity index (χ1v) is 5.82. The van der Waals surface area contributed by atoms with E-state index in [1.54, 1.807) is 6.92 Å². The second-order valence-corrected chi connectivity index (χ2v) is 4.14. The third-order valence-electron chi connectivity index (χ3n) is 3.01. The normalized spacial score (nSPS) is 18.6. The highest BCUT2D eigenvalue weighted by atomic mass is 16.5. The molecule has 3 N–H and O–H groups in total. The van der Waals surface area contributed by atoms with Gasteiger partial charge in [0.1, 0.15) is 5.56 Å². The van der Waals surface area contributed by atoms with E-state index in [1.807, 2.05) is 0 Å². The maximum Gasteiger partial charge on any atom is 0.343 e. The van der Waals surface area contributed by atoms with E-state index in [9.17, 15) is 9.59 Å². The summed E-state index contributed by atoms with van der Waals surface area (Å²) in [5.41, 5.74) is 7.07. The van der Waals surface area contributed by atoms with Gasteiger partial charge in [-0.15, -0.1) is 0 Å². The van der Waals surface area contributed by atoms with Crippen LogP contribution < -0.4 is 11.2 Å². The van der Waals surface area contributed by atoms with Gasteiger partial charge in [0, 0.05) is 23.5 Å². The number of pyridine rings is 1. The molecule has 1 aromatic rings. The third-order valence-corrected chi connectivity index (χ3v) is 3.01. The molecular formula is C12H16N2O3. The number of carbonyl (C=O) groups excluding carboxylic acids is 1. The van der Waals surface area contributed by atoms with Crippen LogP contribution in [0.2, 0.25) is 0 Å². The molecule has 5 heteroatoms. The molecule has 0 aromatic carbocycles. The Balaban J connectivity index is 2.48. The van der Waals surface area contributed by atoms with Crippen molar-refractivity contribution in [3.05, 3.63) is 33.2 Å². The maximum atomic E-state index is 12.1. The van der Waals surface area contributed by atoms with Gasteiger partial charge in [0.25, 0.3) is 0 Å². The number of rotatable bonds is 2. The van der Waals surface area contributed by atoms with E-state index >= 15 is 0 Å². The molecule has 0 bridgehead atoms. The van der Waals surface area contributed by atoms with Crippen molar-refractivity contribution < 1.29 is 9.53 Å². The second-order valence-electron chi connectivity index (χ2n) is 4.14. The van der Waals surface area contributed by atoms with Crippen LogP contribution >= 0.6 is 0 Å². The highest BCUT2D eigenvalue weighted by Gasteiger charge is 2.24. The summed E-state index contributed by atoms with van der Waals surface area (Å²) in [6.07, 6.45) is 3.98. The predicted molar refractivity (Wildman–Crippen MR) is 62.9 cm³/mol. The van der Waals surface area contributed by atoms with Crippen molar-refractivity contribution in [2.45, 2.75) is 32.2 Å². The van der Waals surface area contributed by atoms with Gasteiger partial charge in [-0.1, -0.05) is 0 Å². The van der Waals surface area contributed by atoms with Gasteiger partial charge in [0.05, 0.1) is 6.61 Å². The standard InChI is InChI=1S/C12H16N2O3/c1-2-17-12(16)7-6-14-9-5-3-4-8(13)10(9)11(7)15/h6,8H,2-5,13H2,1H3,(H,14,15). The Morgan fingerprint density at radius 1 is 1.65 bits per heavy atom. The average molecular weight is 236 g/mol. The number of esters is 1. The number of ether oxygens (including phenoxy) is 1. The first kappa shape index (κ1) is 11.9. The summed E-state index contributed by atoms with van der Waals surface area (Å²) in [7, 11) is 0. The Kier molecular flexibility index (Phi) is 3.28. The summed E-state index contributed by atoms with van der Waals surface area (Å²) in [6.45, 7) is 1.96. The van der Waals surface area contributed by atoms with Crippen LogP contribution in [0.15, 0.2) is 11.0 Å². The number of fused-ring (bicyclic) bond motifs is 1. The molecule has 5 nitrogen and oxygen atoms in total. The largest absolute Gasteiger partial charge is 0.462 e. The smallest absolute Gasteiger partial charge is 0.343 e. The molecule has 1 aliphatic carbocycles. The monoisotopic (exact) mass is 236 g/mol. The summed E-state index contributed by atoms with van der Waals surface area (Å²) in [5, 5.41) is 0. The fourth-order valence-electron chi connectivity index (χ4n) is 2.19. The van der Waals surface area contributed by atoms with Crippen molar-refractivity contribution >= 4 is 5.97 Å². The van der Waals surface area contributed by atoms with Crippen LogP contribution in [0, 0.1) is 0 Å². The molecule has 1 unspecified atom stereocenters. The van der Waals surface area contributed by atoms with E-state index in [-0.39, 0.29) is 23.6 Å². The third kappa shape index (κ3) is 2.10. The van der Waals surface area contributed by atoms with E-state index in [1.165, 1.54) is 6.20 Å². The van der Waals surface area contributed by atoms with E-state index in [0.29, 0.717) is 5.56 Å². The molecule has 1 heterocycles. The van der Waals surface area contributed by atoms with Crippen molar-refractivity contribution in [2.24, 2.45) is 5.73 Å². The predicted octanol–water partition coefficient (Wildman–Crippen LogP) is 0.888. The van der Waals surface area contributed by atoms with Crippen LogP contribution in [-0.2, 0) is 11.2 Å². The maximum absolute atomic E-state index is 12.1. The van der Waals surface area contributed by atoms with Crippen molar-refractivity contribution in [1.82, 2.24) is 4.98 Å². The zero-order valence-corrected chi connectivity index (χ0v) is 9.79. The van der Waals surface area contributed by atoms with Gasteiger partial charge in [-0.3, -0.25) is 4.79 Å². The molecule has 2 rings (SSSR count). The van der Waals surface area contributed by atoms with Crippen LogP contribution in [0.3, 0.4) is 0 Å². The highest BCUT2D eigenvalue weighted by Crippen LogP contribution is 2.23. The Hall–Kier alpha value is -1.62. The molecular weight excluding hydrogens is 220 g/mol. The second kappa shape index (κ2) is 4.71. The Morgan fingerprint density at radius 2 is 2.41 bits per heavy atom. The van der Waals surface area contributed by atoms with Crippen molar-refractivity contribution in [1.29, 1.82) is 0 Å². The number of carbonyl (C=O) groups is 1. The molecule has 92 valence electrons. The first-order valence-electron chi connectivity index (χ1n) is 5.82. The number of aromatic amines is 1. The summed E-state index contributed by atoms with van der Waals surface area (Å²) >= 11 is 0. The Labute approximate surface area is 99.0 Å². The highest BCUT2D eigenvalue weighted by molar-refractivity contribution is 5.89. The molecule has 0 saturated heterocycles. The lowest BCUT2D eigenvalue weighted by Gasteiger charge is -2.21. The molecule has 0 aliphatic heterocycles. The minimum absolute atomic E-state index is 0.0444. The van der Waals surface area contributed by atoms with Crippen LogP contribution in [0.5, 0.6) is 0 Å². The minimum atomic E-state index is -0.589. The SMILES string of the molecule is CCOC(=O)c1c[nH]c2c(c1=O)C(N)CCC2. The topological polar surface area (TPSA) is 85.2 Å². The van der Waals surface area contributed by atoms with Crippen molar-refractivity contribution in [2.75, 3.05) is 6.61 Å². The van der Waals surface area contributed by atoms with Gasteiger partial charge in [0.15, 0.2) is 0 Å². The fourth-order valence-corrected chi connectivity index (χ4v) is 2.19. The van der Waals surface area contributed by atoms with Gasteiger partial charge >= 0.3 is 5.97 Å². The molecule has 0 fully saturated rings. The van der Waals surface area contributed by atoms with Gasteiger partial charge in [0.2, 0.25) is 5.43 Å². The Morgan fingerprint density at radius 3 is 3.12 bits per heavy atom. The number of aromatic nitrogens is 1. The summed E-state index contributed by atoms with van der Waals surface area (Å²) in [6, 6.07) is -0.281. The molecule has 0 radical (unpaired) electrons. The number of nitrogens with two attached hydrogens (primary N) is 1. The first-order chi connectivity index (χ1) is 8.15. The van der Waals surface area contributed by atoms with Gasteiger partial charge in [-0.25, -0.2) is 4.79 Å². The number of hydrogen-bond donors (Lipinski definition) is 2.